The number of carbonyl (C=O) groups is 1. The Morgan fingerprint density at radius 1 is 1.07 bits per heavy atom. The van der Waals surface area contributed by atoms with Crippen LogP contribution in [0.3, 0.4) is 0 Å². The molecule has 1 heterocycles. The van der Waals surface area contributed by atoms with Gasteiger partial charge < -0.3 is 19.5 Å². The quantitative estimate of drug-likeness (QED) is 0.208. The lowest BCUT2D eigenvalue weighted by molar-refractivity contribution is -0.140. The first-order valence-electron chi connectivity index (χ1n) is 14.5. The van der Waals surface area contributed by atoms with Crippen LogP contribution in [0.5, 0.6) is 5.75 Å². The van der Waals surface area contributed by atoms with Crippen molar-refractivity contribution >= 4 is 40.5 Å². The number of nitrogens with one attached hydrogen (secondary N) is 1. The van der Waals surface area contributed by atoms with Crippen LogP contribution in [0.4, 0.5) is 24.5 Å². The van der Waals surface area contributed by atoms with Gasteiger partial charge in [-0.05, 0) is 73.5 Å². The first-order chi connectivity index (χ1) is 21.5. The van der Waals surface area contributed by atoms with Crippen LogP contribution in [0.2, 0.25) is 0 Å². The van der Waals surface area contributed by atoms with Gasteiger partial charge in [0.1, 0.15) is 11.5 Å². The van der Waals surface area contributed by atoms with Crippen molar-refractivity contribution in [3.8, 4) is 5.75 Å². The van der Waals surface area contributed by atoms with Crippen molar-refractivity contribution in [1.29, 1.82) is 0 Å². The van der Waals surface area contributed by atoms with Gasteiger partial charge in [0, 0.05) is 56.5 Å². The number of aliphatic imine (C=N–C) groups is 1. The number of methoxy groups -OCH3 is 1. The second-order valence-electron chi connectivity index (χ2n) is 10.6. The Bertz CT molecular complexity index is 1420. The zero-order valence-electron chi connectivity index (χ0n) is 25.5. The zero-order chi connectivity index (χ0) is 32.4. The number of benzene rings is 2. The summed E-state index contributed by atoms with van der Waals surface area (Å²) in [5, 5.41) is 13.7. The average molecular weight is 646 g/mol. The molecule has 0 aromatic heterocycles. The molecule has 1 aliphatic heterocycles. The molecule has 242 valence electrons. The van der Waals surface area contributed by atoms with Crippen molar-refractivity contribution in [3.63, 3.8) is 0 Å². The van der Waals surface area contributed by atoms with E-state index in [1.807, 2.05) is 43.3 Å². The molecule has 13 heteroatoms. The van der Waals surface area contributed by atoms with Crippen molar-refractivity contribution in [2.45, 2.75) is 24.8 Å². The third kappa shape index (κ3) is 10.0. The standard InChI is InChI=1S/C32H38F3N5O4S/c1-22-18-27(12-13-30(22)44-20-31(41)42)45-21-29(36-2)28(38-37-24-6-4-23(5-7-24)32(33,34)35)19-39-14-16-40(17-15-39)25-8-10-26(43-3)11-9-25/h4-13,27,37H,14-21H2,1-3H3,(H,41,42)/b36-29?,38-28-. The molecule has 2 N–H and O–H groups in total. The van der Waals surface area contributed by atoms with Gasteiger partial charge in [-0.15, -0.1) is 11.8 Å². The maximum atomic E-state index is 13.1. The molecule has 2 aromatic carbocycles. The number of carboxylic acids is 1. The molecule has 0 amide bonds. The second kappa shape index (κ2) is 15.8. The molecular formula is C32H38F3N5O4S. The number of allylic oxidation sites excluding steroid dienone is 2. The lowest BCUT2D eigenvalue weighted by Crippen LogP contribution is -2.49. The van der Waals surface area contributed by atoms with Crippen LogP contribution in [-0.4, -0.2) is 91.9 Å². The molecule has 45 heavy (non-hydrogen) atoms. The van der Waals surface area contributed by atoms with Crippen LogP contribution < -0.4 is 15.1 Å². The maximum absolute atomic E-state index is 13.1. The molecule has 2 aromatic rings. The van der Waals surface area contributed by atoms with Gasteiger partial charge in [0.2, 0.25) is 0 Å². The summed E-state index contributed by atoms with van der Waals surface area (Å²) in [5.74, 6) is 0.923. The SMILES string of the molecule is CN=C(CSC1C=CC(OCC(=O)O)=C(C)C1)/C(CN1CCN(c2ccc(OC)cc2)CC1)=N\Nc1ccc(C(F)(F)F)cc1. The molecule has 1 fully saturated rings. The van der Waals surface area contributed by atoms with Crippen LogP contribution in [0.25, 0.3) is 0 Å². The molecule has 0 spiro atoms. The largest absolute Gasteiger partial charge is 0.497 e. The van der Waals surface area contributed by atoms with Gasteiger partial charge in [-0.2, -0.15) is 18.3 Å². The van der Waals surface area contributed by atoms with E-state index in [1.54, 1.807) is 25.9 Å². The number of carboxylic acid groups (broad SMARTS) is 1. The summed E-state index contributed by atoms with van der Waals surface area (Å²) in [4.78, 5) is 20.0. The number of aliphatic carboxylic acids is 1. The van der Waals surface area contributed by atoms with Gasteiger partial charge in [0.15, 0.2) is 6.61 Å². The summed E-state index contributed by atoms with van der Waals surface area (Å²) in [6.07, 6.45) is 0.102. The first-order valence-corrected chi connectivity index (χ1v) is 15.5. The van der Waals surface area contributed by atoms with Crippen molar-refractivity contribution in [2.24, 2.45) is 10.1 Å². The Kier molecular flexibility index (Phi) is 11.9. The van der Waals surface area contributed by atoms with Gasteiger partial charge in [-0.1, -0.05) is 6.08 Å². The van der Waals surface area contributed by atoms with E-state index in [0.717, 1.165) is 61.0 Å². The predicted octanol–water partition coefficient (Wildman–Crippen LogP) is 5.81. The van der Waals surface area contributed by atoms with Gasteiger partial charge in [0.05, 0.1) is 29.8 Å². The summed E-state index contributed by atoms with van der Waals surface area (Å²) < 4.78 is 49.8. The Labute approximate surface area is 265 Å². The highest BCUT2D eigenvalue weighted by molar-refractivity contribution is 8.00. The molecule has 1 unspecified atom stereocenters. The van der Waals surface area contributed by atoms with Gasteiger partial charge in [0.25, 0.3) is 0 Å². The van der Waals surface area contributed by atoms with Crippen LogP contribution >= 0.6 is 11.8 Å². The number of hydrazone groups is 1. The minimum atomic E-state index is -4.41. The van der Waals surface area contributed by atoms with Crippen LogP contribution in [0.15, 0.2) is 82.1 Å². The van der Waals surface area contributed by atoms with Crippen LogP contribution in [0.1, 0.15) is 18.9 Å². The fourth-order valence-corrected chi connectivity index (χ4v) is 6.15. The number of piperazine rings is 1. The van der Waals surface area contributed by atoms with Gasteiger partial charge in [-0.25, -0.2) is 4.79 Å². The molecule has 0 radical (unpaired) electrons. The fourth-order valence-electron chi connectivity index (χ4n) is 4.92. The summed E-state index contributed by atoms with van der Waals surface area (Å²) >= 11 is 1.68. The highest BCUT2D eigenvalue weighted by atomic mass is 32.2. The van der Waals surface area contributed by atoms with Crippen LogP contribution in [-0.2, 0) is 15.7 Å². The molecule has 2 aliphatic rings. The first kappa shape index (κ1) is 33.9. The lowest BCUT2D eigenvalue weighted by atomic mass is 10.1. The van der Waals surface area contributed by atoms with Gasteiger partial charge in [-0.3, -0.25) is 15.3 Å². The van der Waals surface area contributed by atoms with E-state index < -0.39 is 17.7 Å². The van der Waals surface area contributed by atoms with E-state index >= 15 is 0 Å². The maximum Gasteiger partial charge on any atom is 0.416 e. The number of halogens is 3. The van der Waals surface area contributed by atoms with E-state index in [0.29, 0.717) is 35.9 Å². The van der Waals surface area contributed by atoms with E-state index in [9.17, 15) is 18.0 Å². The Balaban J connectivity index is 1.43. The Morgan fingerprint density at radius 2 is 1.76 bits per heavy atom. The average Bonchev–Trinajstić information content (AvgIpc) is 3.03. The summed E-state index contributed by atoms with van der Waals surface area (Å²) in [6, 6.07) is 12.8. The number of hydrogen-bond donors (Lipinski definition) is 2. The minimum absolute atomic E-state index is 0.135. The molecule has 0 bridgehead atoms. The van der Waals surface area contributed by atoms with Crippen molar-refractivity contribution in [2.75, 3.05) is 69.6 Å². The minimum Gasteiger partial charge on any atom is -0.497 e. The van der Waals surface area contributed by atoms with Crippen molar-refractivity contribution in [1.82, 2.24) is 4.90 Å². The van der Waals surface area contributed by atoms with E-state index in [1.165, 1.54) is 12.1 Å². The second-order valence-corrected chi connectivity index (χ2v) is 11.8. The number of ether oxygens (including phenoxy) is 2. The topological polar surface area (TPSA) is 99.0 Å². The number of rotatable bonds is 13. The summed E-state index contributed by atoms with van der Waals surface area (Å²) in [6.45, 7) is 5.29. The highest BCUT2D eigenvalue weighted by Crippen LogP contribution is 2.30. The third-order valence-corrected chi connectivity index (χ3v) is 8.69. The number of hydrogen-bond acceptors (Lipinski definition) is 9. The summed E-state index contributed by atoms with van der Waals surface area (Å²) in [7, 11) is 3.36. The molecular weight excluding hydrogens is 607 g/mol. The highest BCUT2D eigenvalue weighted by Gasteiger charge is 2.30. The number of alkyl halides is 3. The fraction of sp³-hybridized carbons (Fsp3) is 0.406. The monoisotopic (exact) mass is 645 g/mol. The molecule has 4 rings (SSSR count). The number of thioether (sulfide) groups is 1. The van der Waals surface area contributed by atoms with E-state index in [2.05, 4.69) is 25.3 Å². The predicted molar refractivity (Wildman–Crippen MR) is 174 cm³/mol. The third-order valence-electron chi connectivity index (χ3n) is 7.49. The smallest absolute Gasteiger partial charge is 0.416 e. The molecule has 1 atom stereocenters. The van der Waals surface area contributed by atoms with Crippen LogP contribution in [0, 0.1) is 0 Å². The molecule has 9 nitrogen and oxygen atoms in total. The number of anilines is 2. The van der Waals surface area contributed by atoms with Gasteiger partial charge >= 0.3 is 12.1 Å². The summed E-state index contributed by atoms with van der Waals surface area (Å²) in [5.41, 5.74) is 6.25. The number of nitrogens with zero attached hydrogens (tertiary/aromatic N) is 4. The van der Waals surface area contributed by atoms with Crippen molar-refractivity contribution < 1.29 is 32.5 Å². The Hall–Kier alpha value is -3.97. The Morgan fingerprint density at radius 3 is 2.33 bits per heavy atom. The molecule has 1 saturated heterocycles. The molecule has 0 saturated carbocycles. The zero-order valence-corrected chi connectivity index (χ0v) is 26.3. The van der Waals surface area contributed by atoms with E-state index in [4.69, 9.17) is 14.6 Å². The molecule has 1 aliphatic carbocycles. The van der Waals surface area contributed by atoms with E-state index in [-0.39, 0.29) is 11.9 Å². The van der Waals surface area contributed by atoms with Crippen molar-refractivity contribution in [3.05, 3.63) is 77.6 Å². The lowest BCUT2D eigenvalue weighted by Gasteiger charge is -2.36. The normalized spacial score (nSPS) is 18.3.